The van der Waals surface area contributed by atoms with Gasteiger partial charge in [-0.05, 0) is 38.5 Å². The molecule has 3 fully saturated rings. The van der Waals surface area contributed by atoms with Crippen molar-refractivity contribution in [2.45, 2.75) is 63.5 Å². The van der Waals surface area contributed by atoms with Gasteiger partial charge in [-0.15, -0.1) is 5.06 Å². The molecule has 0 radical (unpaired) electrons. The van der Waals surface area contributed by atoms with Gasteiger partial charge < -0.3 is 26.5 Å². The quantitative estimate of drug-likeness (QED) is 0.437. The van der Waals surface area contributed by atoms with Gasteiger partial charge in [0.2, 0.25) is 11.8 Å². The van der Waals surface area contributed by atoms with Crippen LogP contribution in [-0.2, 0) is 24.0 Å². The van der Waals surface area contributed by atoms with Gasteiger partial charge in [0.25, 0.3) is 11.8 Å². The van der Waals surface area contributed by atoms with Crippen LogP contribution in [0.5, 0.6) is 0 Å². The fourth-order valence-electron chi connectivity index (χ4n) is 2.95. The lowest BCUT2D eigenvalue weighted by Gasteiger charge is -2.17. The van der Waals surface area contributed by atoms with Crippen LogP contribution in [0.15, 0.2) is 0 Å². The largest absolute Gasteiger partial charge is 0.432 e. The molecule has 0 aromatic rings. The number of carbonyl (C=O) groups excluding carboxylic acids is 5. The predicted molar refractivity (Wildman–Crippen MR) is 96.2 cm³/mol. The molecule has 0 aromatic carbocycles. The third-order valence-electron chi connectivity index (χ3n) is 4.59. The van der Waals surface area contributed by atoms with Crippen LogP contribution < -0.4 is 21.7 Å². The molecular formula is C17H27N5O6. The Morgan fingerprint density at radius 3 is 2.14 bits per heavy atom. The average molecular weight is 397 g/mol. The van der Waals surface area contributed by atoms with Gasteiger partial charge >= 0.3 is 6.09 Å². The second-order valence-corrected chi connectivity index (χ2v) is 6.84. The van der Waals surface area contributed by atoms with Crippen molar-refractivity contribution in [3.63, 3.8) is 0 Å². The van der Waals surface area contributed by atoms with Crippen molar-refractivity contribution in [3.8, 4) is 0 Å². The van der Waals surface area contributed by atoms with Gasteiger partial charge in [-0.2, -0.15) is 0 Å². The van der Waals surface area contributed by atoms with Crippen LogP contribution in [0.2, 0.25) is 0 Å². The molecule has 5 amide bonds. The Bertz CT molecular complexity index is 609. The Kier molecular flexibility index (Phi) is 8.18. The molecule has 3 rings (SSSR count). The molecule has 28 heavy (non-hydrogen) atoms. The van der Waals surface area contributed by atoms with Crippen LogP contribution in [0.25, 0.3) is 0 Å². The molecule has 0 aromatic heterocycles. The lowest BCUT2D eigenvalue weighted by molar-refractivity contribution is -0.171. The Balaban J connectivity index is 0.000000261. The normalized spacial score (nSPS) is 25.5. The Morgan fingerprint density at radius 1 is 0.929 bits per heavy atom. The van der Waals surface area contributed by atoms with E-state index in [9.17, 15) is 24.0 Å². The minimum Gasteiger partial charge on any atom is -0.355 e. The van der Waals surface area contributed by atoms with Gasteiger partial charge in [0.05, 0.1) is 6.04 Å². The monoisotopic (exact) mass is 397 g/mol. The molecule has 0 saturated carbocycles. The third-order valence-corrected chi connectivity index (χ3v) is 4.59. The van der Waals surface area contributed by atoms with E-state index < -0.39 is 23.9 Å². The molecule has 3 heterocycles. The summed E-state index contributed by atoms with van der Waals surface area (Å²) in [5, 5.41) is 8.19. The highest BCUT2D eigenvalue weighted by Crippen LogP contribution is 2.12. The van der Waals surface area contributed by atoms with Gasteiger partial charge in [-0.25, -0.2) is 4.79 Å². The number of nitrogens with two attached hydrogens (primary N) is 1. The summed E-state index contributed by atoms with van der Waals surface area (Å²) < 4.78 is 0. The summed E-state index contributed by atoms with van der Waals surface area (Å²) >= 11 is 0. The fraction of sp³-hybridized carbons (Fsp3) is 0.706. The minimum atomic E-state index is -0.967. The van der Waals surface area contributed by atoms with Gasteiger partial charge in [-0.3, -0.25) is 19.2 Å². The minimum absolute atomic E-state index is 0.00694. The number of hydrogen-bond donors (Lipinski definition) is 4. The first-order chi connectivity index (χ1) is 13.4. The van der Waals surface area contributed by atoms with E-state index >= 15 is 0 Å². The maximum Gasteiger partial charge on any atom is 0.432 e. The molecule has 0 aliphatic carbocycles. The maximum atomic E-state index is 11.6. The number of nitrogens with zero attached hydrogens (tertiary/aromatic N) is 1. The lowest BCUT2D eigenvalue weighted by atomic mass is 10.1. The first-order valence-corrected chi connectivity index (χ1v) is 9.53. The summed E-state index contributed by atoms with van der Waals surface area (Å²) in [6.07, 6.45) is 4.23. The van der Waals surface area contributed by atoms with Gasteiger partial charge in [-0.1, -0.05) is 0 Å². The van der Waals surface area contributed by atoms with Crippen molar-refractivity contribution in [2.24, 2.45) is 5.73 Å². The van der Waals surface area contributed by atoms with Crippen LogP contribution in [0.3, 0.4) is 0 Å². The molecule has 0 unspecified atom stereocenters. The topological polar surface area (TPSA) is 160 Å². The maximum absolute atomic E-state index is 11.6. The number of rotatable bonds is 2. The molecule has 5 N–H and O–H groups in total. The molecular weight excluding hydrogens is 370 g/mol. The average Bonchev–Trinajstić information content (AvgIpc) is 2.83. The van der Waals surface area contributed by atoms with E-state index in [2.05, 4.69) is 20.8 Å². The summed E-state index contributed by atoms with van der Waals surface area (Å²) in [4.78, 5) is 61.1. The zero-order valence-electron chi connectivity index (χ0n) is 15.7. The number of imide groups is 1. The van der Waals surface area contributed by atoms with Gasteiger partial charge in [0.1, 0.15) is 6.04 Å². The molecule has 3 aliphatic heterocycles. The highest BCUT2D eigenvalue weighted by molar-refractivity contribution is 6.01. The zero-order chi connectivity index (χ0) is 20.5. The molecule has 2 atom stereocenters. The molecule has 3 aliphatic rings. The molecule has 0 spiro atoms. The highest BCUT2D eigenvalue weighted by atomic mass is 16.7. The van der Waals surface area contributed by atoms with Gasteiger partial charge in [0, 0.05) is 25.9 Å². The molecule has 0 bridgehead atoms. The SMILES string of the molecule is N[C@H]1CCCCNC1=O.O=C(N[C@H]1CCCCNC1=O)ON1C(=O)CCC1=O. The van der Waals surface area contributed by atoms with Crippen LogP contribution >= 0.6 is 0 Å². The predicted octanol–water partition coefficient (Wildman–Crippen LogP) is -0.941. The summed E-state index contributed by atoms with van der Waals surface area (Å²) in [6, 6.07) is -0.949. The second kappa shape index (κ2) is 10.6. The van der Waals surface area contributed by atoms with E-state index in [-0.39, 0.29) is 30.7 Å². The Labute approximate surface area is 162 Å². The fourth-order valence-corrected chi connectivity index (χ4v) is 2.95. The van der Waals surface area contributed by atoms with E-state index in [0.29, 0.717) is 18.0 Å². The first-order valence-electron chi connectivity index (χ1n) is 9.53. The highest BCUT2D eigenvalue weighted by Gasteiger charge is 2.34. The van der Waals surface area contributed by atoms with Crippen LogP contribution in [0.1, 0.15) is 51.4 Å². The Morgan fingerprint density at radius 2 is 1.50 bits per heavy atom. The van der Waals surface area contributed by atoms with Crippen molar-refractivity contribution >= 4 is 29.7 Å². The van der Waals surface area contributed by atoms with Crippen molar-refractivity contribution in [1.82, 2.24) is 21.0 Å². The van der Waals surface area contributed by atoms with Crippen LogP contribution in [0.4, 0.5) is 4.79 Å². The third kappa shape index (κ3) is 6.48. The summed E-state index contributed by atoms with van der Waals surface area (Å²) in [7, 11) is 0. The molecule has 11 nitrogen and oxygen atoms in total. The number of amides is 5. The molecule has 3 saturated heterocycles. The van der Waals surface area contributed by atoms with E-state index in [1.165, 1.54) is 0 Å². The smallest absolute Gasteiger partial charge is 0.355 e. The van der Waals surface area contributed by atoms with Gasteiger partial charge in [0.15, 0.2) is 0 Å². The molecule has 11 heteroatoms. The van der Waals surface area contributed by atoms with Crippen molar-refractivity contribution < 1.29 is 28.8 Å². The number of hydroxylamine groups is 2. The van der Waals surface area contributed by atoms with E-state index in [0.717, 1.165) is 38.6 Å². The first kappa shape index (κ1) is 21.6. The summed E-state index contributed by atoms with van der Waals surface area (Å²) in [5.74, 6) is -1.38. The van der Waals surface area contributed by atoms with E-state index in [1.807, 2.05) is 0 Å². The van der Waals surface area contributed by atoms with E-state index in [1.54, 1.807) is 0 Å². The van der Waals surface area contributed by atoms with Crippen molar-refractivity contribution in [1.29, 1.82) is 0 Å². The van der Waals surface area contributed by atoms with Crippen LogP contribution in [0, 0.1) is 0 Å². The lowest BCUT2D eigenvalue weighted by Crippen LogP contribution is -2.47. The summed E-state index contributed by atoms with van der Waals surface area (Å²) in [6.45, 7) is 1.38. The van der Waals surface area contributed by atoms with Crippen molar-refractivity contribution in [2.75, 3.05) is 13.1 Å². The van der Waals surface area contributed by atoms with E-state index in [4.69, 9.17) is 5.73 Å². The van der Waals surface area contributed by atoms with Crippen LogP contribution in [-0.4, -0.2) is 60.0 Å². The van der Waals surface area contributed by atoms with Crippen molar-refractivity contribution in [3.05, 3.63) is 0 Å². The standard InChI is InChI=1S/C11H15N3O5.C6H12N2O/c15-8-4-5-9(16)14(8)19-11(18)13-7-3-1-2-6-12-10(7)17;7-5-3-1-2-4-8-6(5)9/h7H,1-6H2,(H,12,17)(H,13,18);5H,1-4,7H2,(H,8,9)/t7-;5-/m00/s1. The number of nitrogens with one attached hydrogen (secondary N) is 3. The zero-order valence-corrected chi connectivity index (χ0v) is 15.7. The second-order valence-electron chi connectivity index (χ2n) is 6.84. The Hall–Kier alpha value is -2.69. The number of carbonyl (C=O) groups is 5. The number of hydrogen-bond acceptors (Lipinski definition) is 7. The molecule has 156 valence electrons. The summed E-state index contributed by atoms with van der Waals surface area (Å²) in [5.41, 5.74) is 5.47.